The van der Waals surface area contributed by atoms with Crippen LogP contribution in [0, 0.1) is 29.6 Å². The second-order valence-corrected chi connectivity index (χ2v) is 35.1. The summed E-state index contributed by atoms with van der Waals surface area (Å²) in [6.45, 7) is 8.46. The average molecular weight is 1720 g/mol. The zero-order valence-corrected chi connectivity index (χ0v) is 68.7. The van der Waals surface area contributed by atoms with E-state index < -0.39 is 256 Å². The number of amides is 7. The maximum Gasteiger partial charge on any atom is 0.330 e. The maximum atomic E-state index is 16.9. The second kappa shape index (κ2) is 35.5. The molecule has 122 heavy (non-hydrogen) atoms. The molecule has 8 heterocycles. The predicted octanol–water partition coefficient (Wildman–Crippen LogP) is 1.60. The van der Waals surface area contributed by atoms with E-state index in [2.05, 4.69) is 42.5 Å². The summed E-state index contributed by atoms with van der Waals surface area (Å²) in [6.07, 6.45) is -17.6. The molecule has 4 saturated carbocycles. The van der Waals surface area contributed by atoms with Gasteiger partial charge in [-0.05, 0) is 174 Å². The molecule has 3 saturated heterocycles. The Balaban J connectivity index is 1.00. The van der Waals surface area contributed by atoms with Gasteiger partial charge in [-0.15, -0.1) is 0 Å². The molecule has 17 rings (SSSR count). The molecule has 24 N–H and O–H groups in total. The van der Waals surface area contributed by atoms with Gasteiger partial charge in [-0.1, -0.05) is 55.8 Å². The Morgan fingerprint density at radius 2 is 1.28 bits per heavy atom. The van der Waals surface area contributed by atoms with Gasteiger partial charge in [0.1, 0.15) is 89.5 Å². The molecule has 8 aliphatic heterocycles. The predicted molar refractivity (Wildman–Crippen MR) is 428 cm³/mol. The van der Waals surface area contributed by atoms with E-state index in [4.69, 9.17) is 66.7 Å². The molecule has 38 heteroatoms. The maximum absolute atomic E-state index is 16.9. The van der Waals surface area contributed by atoms with E-state index in [9.17, 15) is 65.4 Å². The van der Waals surface area contributed by atoms with Crippen molar-refractivity contribution >= 4 is 58.9 Å². The van der Waals surface area contributed by atoms with Crippen LogP contribution in [0.3, 0.4) is 0 Å². The van der Waals surface area contributed by atoms with Crippen molar-refractivity contribution in [1.29, 1.82) is 0 Å². The topological polar surface area (TPSA) is 587 Å². The molecule has 5 aromatic carbocycles. The van der Waals surface area contributed by atoms with E-state index in [1.54, 1.807) is 0 Å². The highest BCUT2D eigenvalue weighted by Crippen LogP contribution is 2.56. The number of aliphatic hydroxyl groups is 6. The average Bonchev–Trinajstić information content (AvgIpc) is 1.43. The highest BCUT2D eigenvalue weighted by Gasteiger charge is 2.54. The number of aromatic hydroxyl groups is 3. The Bertz CT molecular complexity index is 4800. The number of primary amides is 1. The third-order valence-electron chi connectivity index (χ3n) is 25.1. The van der Waals surface area contributed by atoms with Gasteiger partial charge >= 0.3 is 5.97 Å². The number of ether oxygens (including phenoxy) is 8. The van der Waals surface area contributed by atoms with Crippen LogP contribution in [0.4, 0.5) is 0 Å². The SMILES string of the molecule is CNC(CC(C)C)C(=O)NC1C(=O)NC(CC(N)=O)C(=O)NC2C(=O)NC3C(=O)NC(C(=O)NC(C(=O)O)c4cc(O)c(CNC5C6CC7CC(C6)CC5C7)c(O)c4-c4c(O)cccc43)C(O[C@@H]3CC(C)(N)[C@H](O)[C@@H](C)O3)c3ccc(cc3)Oc3cc2cc(c3O[C@@H]2O[C@H](CO)[C@@H](O)[C@H](O)[C@H]2O[C@H]2C[C@](C)(N)[C@H](O)[C@H](C)O2)Oc2ccc(cc2Cl)C1O. The number of carbonyl (C=O) groups excluding carboxylic acids is 7. The molecule has 0 aromatic heterocycles. The van der Waals surface area contributed by atoms with Crippen molar-refractivity contribution in [2.75, 3.05) is 13.7 Å². The van der Waals surface area contributed by atoms with Crippen LogP contribution >= 0.6 is 11.6 Å². The molecule has 4 aliphatic carbocycles. The summed E-state index contributed by atoms with van der Waals surface area (Å²) in [5, 5.41) is 141. The molecule has 660 valence electrons. The number of nitrogens with two attached hydrogens (primary N) is 3. The molecule has 22 atom stereocenters. The number of hydrogen-bond acceptors (Lipinski definition) is 29. The van der Waals surface area contributed by atoms with Gasteiger partial charge in [0.2, 0.25) is 53.4 Å². The Kier molecular flexibility index (Phi) is 25.8. The zero-order chi connectivity index (χ0) is 87.7. The van der Waals surface area contributed by atoms with Crippen molar-refractivity contribution in [2.45, 2.75) is 245 Å². The van der Waals surface area contributed by atoms with E-state index in [-0.39, 0.29) is 82.8 Å². The van der Waals surface area contributed by atoms with Gasteiger partial charge in [-0.3, -0.25) is 33.6 Å². The molecule has 10 unspecified atom stereocenters. The fourth-order valence-corrected chi connectivity index (χ4v) is 19.3. The van der Waals surface area contributed by atoms with Crippen molar-refractivity contribution in [3.05, 3.63) is 117 Å². The molecule has 5 aromatic rings. The fraction of sp³-hybridized carbons (Fsp3) is 0.548. The van der Waals surface area contributed by atoms with E-state index >= 15 is 24.0 Å². The van der Waals surface area contributed by atoms with Crippen LogP contribution in [0.1, 0.15) is 163 Å². The number of carbonyl (C=O) groups is 8. The van der Waals surface area contributed by atoms with E-state index in [1.807, 2.05) is 13.8 Å². The number of halogens is 1. The summed E-state index contributed by atoms with van der Waals surface area (Å²) in [7, 11) is 1.48. The molecule has 12 aliphatic rings. The first-order chi connectivity index (χ1) is 57.8. The summed E-state index contributed by atoms with van der Waals surface area (Å²) in [5.41, 5.74) is 13.3. The number of fused-ring (bicyclic) bond motifs is 14. The standard InChI is InChI=1S/C84H106ClN11O26/c1-32(2)17-47(89-7)75(107)95-64-66(101)38-13-16-51(46(85)23-38)118-53-25-41-24-52(71(53)122-82-72(69(104)68(103)54(31-97)119-82)121-57-29-84(6,88)74(106)34(4)116-57)117-42-14-11-37(12-15-42)70(120-56-28-83(5,87)73(105)33(3)115-56)65-80(112)94-63(81(113)114)44-26-50(99)45(30-90-60-39-19-35-18-36(21-39)22-40(60)20-35)67(102)59(44)58-43(9-8-10-49(58)98)62(78(110)96-65)93-77(109)61(41)92-76(108)48(27-55(86)100)91-79(64)111/h8-16,23-26,32-36,39-40,47-48,54,56-57,60-66,68-70,72-74,82,89-90,97-99,101-106H,17-22,27-31,87-88H2,1-7H3,(H2,86,100)(H,91,111)(H,92,108)(H,93,109)(H,94,112)(H,95,107)(H,96,110)(H,113,114)/t33-,34+,35?,36?,39?,40?,47?,48?,54-,56-,57+,60?,61?,62?,63?,64?,65?,66?,68-,69+,70?,72-,73-,74-,82+,83?,84+/m1/s1. The molecule has 0 spiro atoms. The number of carboxylic acids is 1. The van der Waals surface area contributed by atoms with Crippen molar-refractivity contribution < 1.29 is 127 Å². The van der Waals surface area contributed by atoms with Crippen LogP contribution < -0.4 is 73.9 Å². The second-order valence-electron chi connectivity index (χ2n) is 34.7. The molecule has 7 amide bonds. The zero-order valence-electron chi connectivity index (χ0n) is 67.9. The number of likely N-dealkylation sites (N-methyl/N-ethyl adjacent to an activating group) is 1. The Morgan fingerprint density at radius 1 is 0.664 bits per heavy atom. The van der Waals surface area contributed by atoms with Gasteiger partial charge in [0, 0.05) is 53.2 Å². The summed E-state index contributed by atoms with van der Waals surface area (Å²) in [6, 6.07) is 0.909. The normalized spacial score (nSPS) is 34.7. The first-order valence-electron chi connectivity index (χ1n) is 40.9. The minimum Gasteiger partial charge on any atom is -0.507 e. The summed E-state index contributed by atoms with van der Waals surface area (Å²) < 4.78 is 52.3. The quantitative estimate of drug-likeness (QED) is 0.0592. The Labute approximate surface area is 705 Å². The highest BCUT2D eigenvalue weighted by molar-refractivity contribution is 6.32. The van der Waals surface area contributed by atoms with Gasteiger partial charge in [0.15, 0.2) is 36.2 Å². The summed E-state index contributed by atoms with van der Waals surface area (Å²) in [4.78, 5) is 123. The van der Waals surface area contributed by atoms with Gasteiger partial charge in [-0.2, -0.15) is 0 Å². The first-order valence-corrected chi connectivity index (χ1v) is 41.3. The van der Waals surface area contributed by atoms with Crippen molar-refractivity contribution in [3.63, 3.8) is 0 Å². The number of phenolic OH excluding ortho intramolecular Hbond substituents is 3. The molecule has 37 nitrogen and oxygen atoms in total. The van der Waals surface area contributed by atoms with E-state index in [0.29, 0.717) is 11.8 Å². The van der Waals surface area contributed by atoms with Crippen LogP contribution in [-0.2, 0) is 68.6 Å². The molecular formula is C84H106ClN11O26. The lowest BCUT2D eigenvalue weighted by Crippen LogP contribution is -2.64. The number of phenols is 3. The minimum atomic E-state index is -2.41. The van der Waals surface area contributed by atoms with Crippen molar-refractivity contribution in [1.82, 2.24) is 42.5 Å². The third kappa shape index (κ3) is 18.1. The van der Waals surface area contributed by atoms with Gasteiger partial charge in [0.05, 0.1) is 54.1 Å². The highest BCUT2D eigenvalue weighted by atomic mass is 35.5. The van der Waals surface area contributed by atoms with Crippen LogP contribution in [-0.4, -0.2) is 221 Å². The molecular weight excluding hydrogens is 1610 g/mol. The number of benzene rings is 5. The minimum absolute atomic E-state index is 0.0372. The van der Waals surface area contributed by atoms with E-state index in [1.165, 1.54) is 83.3 Å². The lowest BCUT2D eigenvalue weighted by molar-refractivity contribution is -0.333. The number of carboxylic acid groups (broad SMARTS) is 1. The van der Waals surface area contributed by atoms with Crippen LogP contribution in [0.5, 0.6) is 46.0 Å². The van der Waals surface area contributed by atoms with Gasteiger partial charge in [0.25, 0.3) is 0 Å². The largest absolute Gasteiger partial charge is 0.507 e. The lowest BCUT2D eigenvalue weighted by Gasteiger charge is -2.54. The van der Waals surface area contributed by atoms with E-state index in [0.717, 1.165) is 62.4 Å². The Morgan fingerprint density at radius 3 is 1.88 bits per heavy atom. The first kappa shape index (κ1) is 88.7. The smallest absolute Gasteiger partial charge is 0.330 e. The third-order valence-corrected chi connectivity index (χ3v) is 25.4. The van der Waals surface area contributed by atoms with Crippen LogP contribution in [0.2, 0.25) is 5.02 Å². The van der Waals surface area contributed by atoms with Crippen LogP contribution in [0.25, 0.3) is 11.1 Å². The lowest BCUT2D eigenvalue weighted by atomic mass is 9.54. The molecule has 0 radical (unpaired) electrons. The van der Waals surface area contributed by atoms with Gasteiger partial charge in [-0.25, -0.2) is 4.79 Å². The monoisotopic (exact) mass is 1720 g/mol. The Hall–Kier alpha value is -9.65. The molecule has 13 bridgehead atoms. The number of nitrogens with one attached hydrogen (secondary N) is 8. The van der Waals surface area contributed by atoms with Crippen molar-refractivity contribution in [2.24, 2.45) is 46.8 Å². The number of rotatable bonds is 18. The fourth-order valence-electron chi connectivity index (χ4n) is 19.0. The number of aliphatic hydroxyl groups excluding tert-OH is 6. The van der Waals surface area contributed by atoms with Gasteiger partial charge < -0.3 is 149 Å². The van der Waals surface area contributed by atoms with Crippen LogP contribution in [0.15, 0.2) is 78.9 Å². The van der Waals surface area contributed by atoms with Crippen molar-refractivity contribution in [3.8, 4) is 57.1 Å². The molecule has 7 fully saturated rings. The summed E-state index contributed by atoms with van der Waals surface area (Å²) >= 11 is 7.21. The number of aliphatic carboxylic acids is 1. The summed E-state index contributed by atoms with van der Waals surface area (Å²) in [5.74, 6) is -14.0. The number of hydrogen-bond donors (Lipinski definition) is 21.